The van der Waals surface area contributed by atoms with Crippen molar-refractivity contribution in [3.8, 4) is 0 Å². The third kappa shape index (κ3) is 2.66. The molecule has 1 saturated heterocycles. The molecule has 2 rings (SSSR count). The van der Waals surface area contributed by atoms with E-state index in [0.717, 1.165) is 5.56 Å². The van der Waals surface area contributed by atoms with Crippen molar-refractivity contribution in [3.63, 3.8) is 0 Å². The number of nitrogens with zero attached hydrogens (tertiary/aromatic N) is 1. The van der Waals surface area contributed by atoms with Crippen LogP contribution in [0.25, 0.3) is 0 Å². The number of amides is 1. The summed E-state index contributed by atoms with van der Waals surface area (Å²) in [6, 6.07) is 6.19. The highest BCUT2D eigenvalue weighted by atomic mass is 32.2. The van der Waals surface area contributed by atoms with Crippen LogP contribution >= 0.6 is 0 Å². The van der Waals surface area contributed by atoms with Gasteiger partial charge in [0.15, 0.2) is 0 Å². The van der Waals surface area contributed by atoms with Gasteiger partial charge in [0.25, 0.3) is 15.9 Å². The van der Waals surface area contributed by atoms with Gasteiger partial charge in [-0.25, -0.2) is 12.7 Å². The van der Waals surface area contributed by atoms with Crippen LogP contribution in [0.5, 0.6) is 0 Å². The summed E-state index contributed by atoms with van der Waals surface area (Å²) in [5, 5.41) is 0. The van der Waals surface area contributed by atoms with Gasteiger partial charge in [-0.3, -0.25) is 4.79 Å². The summed E-state index contributed by atoms with van der Waals surface area (Å²) in [4.78, 5) is 23.8. The van der Waals surface area contributed by atoms with Gasteiger partial charge in [0.05, 0.1) is 4.90 Å². The Balaban J connectivity index is 2.51. The molecule has 0 aliphatic carbocycles. The number of ether oxygens (including phenoxy) is 1. The Morgan fingerprint density at radius 1 is 1.32 bits per heavy atom. The fraction of sp³-hybridized carbons (Fsp3) is 0.467. The number of hydrogen-bond acceptors (Lipinski definition) is 5. The Kier molecular flexibility index (Phi) is 4.39. The van der Waals surface area contributed by atoms with Crippen molar-refractivity contribution in [2.24, 2.45) is 5.41 Å². The lowest BCUT2D eigenvalue weighted by atomic mass is 9.83. The summed E-state index contributed by atoms with van der Waals surface area (Å²) in [5.41, 5.74) is -0.433. The summed E-state index contributed by atoms with van der Waals surface area (Å²) >= 11 is 0. The summed E-state index contributed by atoms with van der Waals surface area (Å²) in [5.74, 6) is -0.749. The summed E-state index contributed by atoms with van der Waals surface area (Å²) in [6.45, 7) is 3.29. The van der Waals surface area contributed by atoms with Gasteiger partial charge < -0.3 is 9.53 Å². The Bertz CT molecular complexity index is 682. The molecular formula is C15H19NO5S. The van der Waals surface area contributed by atoms with Crippen molar-refractivity contribution in [3.05, 3.63) is 29.8 Å². The zero-order valence-corrected chi connectivity index (χ0v) is 13.6. The first kappa shape index (κ1) is 16.6. The third-order valence-corrected chi connectivity index (χ3v) is 5.76. The van der Waals surface area contributed by atoms with E-state index in [1.54, 1.807) is 12.1 Å². The topological polar surface area (TPSA) is 80.8 Å². The molecular weight excluding hydrogens is 306 g/mol. The van der Waals surface area contributed by atoms with Gasteiger partial charge in [0.1, 0.15) is 17.9 Å². The van der Waals surface area contributed by atoms with Crippen molar-refractivity contribution in [1.82, 2.24) is 4.31 Å². The van der Waals surface area contributed by atoms with E-state index in [2.05, 4.69) is 0 Å². The molecule has 120 valence electrons. The quantitative estimate of drug-likeness (QED) is 0.619. The van der Waals surface area contributed by atoms with Crippen LogP contribution in [0, 0.1) is 12.3 Å². The first-order valence-electron chi connectivity index (χ1n) is 6.91. The van der Waals surface area contributed by atoms with Crippen LogP contribution in [-0.4, -0.2) is 38.3 Å². The number of benzene rings is 1. The Labute approximate surface area is 130 Å². The lowest BCUT2D eigenvalue weighted by molar-refractivity contribution is -0.154. The normalized spacial score (nSPS) is 26.0. The number of aryl methyl sites for hydroxylation is 1. The number of hydrogen-bond donors (Lipinski definition) is 0. The molecule has 1 fully saturated rings. The maximum atomic E-state index is 12.8. The van der Waals surface area contributed by atoms with Gasteiger partial charge >= 0.3 is 0 Å². The summed E-state index contributed by atoms with van der Waals surface area (Å²) in [7, 11) is -2.72. The predicted octanol–water partition coefficient (Wildman–Crippen LogP) is 1.48. The molecule has 0 bridgehead atoms. The summed E-state index contributed by atoms with van der Waals surface area (Å²) < 4.78 is 31.4. The molecule has 0 unspecified atom stereocenters. The SMILES string of the molecule is CO[C@H]1CC[C@](C)(C=O)C(=O)N1S(=O)(=O)c1ccc(C)cc1. The highest BCUT2D eigenvalue weighted by Gasteiger charge is 2.49. The van der Waals surface area contributed by atoms with Gasteiger partial charge in [0.2, 0.25) is 0 Å². The first-order valence-corrected chi connectivity index (χ1v) is 8.35. The number of methoxy groups -OCH3 is 1. The van der Waals surface area contributed by atoms with Crippen molar-refractivity contribution in [2.45, 2.75) is 37.8 Å². The van der Waals surface area contributed by atoms with Crippen LogP contribution in [0.3, 0.4) is 0 Å². The van der Waals surface area contributed by atoms with Crippen molar-refractivity contribution < 1.29 is 22.7 Å². The fourth-order valence-corrected chi connectivity index (χ4v) is 4.08. The van der Waals surface area contributed by atoms with Gasteiger partial charge in [-0.1, -0.05) is 17.7 Å². The zero-order chi connectivity index (χ0) is 16.5. The fourth-order valence-electron chi connectivity index (χ4n) is 2.44. The summed E-state index contributed by atoms with van der Waals surface area (Å²) in [6.07, 6.45) is 0.154. The van der Waals surface area contributed by atoms with Crippen molar-refractivity contribution in [2.75, 3.05) is 7.11 Å². The van der Waals surface area contributed by atoms with E-state index in [4.69, 9.17) is 4.74 Å². The molecule has 0 radical (unpaired) electrons. The zero-order valence-electron chi connectivity index (χ0n) is 12.8. The number of piperidine rings is 1. The van der Waals surface area contributed by atoms with Crippen LogP contribution in [0.1, 0.15) is 25.3 Å². The minimum absolute atomic E-state index is 0.00338. The van der Waals surface area contributed by atoms with Gasteiger partial charge in [0, 0.05) is 7.11 Å². The minimum atomic E-state index is -4.07. The number of sulfonamides is 1. The lowest BCUT2D eigenvalue weighted by Crippen LogP contribution is -2.56. The first-order chi connectivity index (χ1) is 10.3. The van der Waals surface area contributed by atoms with Gasteiger partial charge in [-0.05, 0) is 38.8 Å². The van der Waals surface area contributed by atoms with Gasteiger partial charge in [-0.2, -0.15) is 0 Å². The van der Waals surface area contributed by atoms with E-state index in [0.29, 0.717) is 10.6 Å². The van der Waals surface area contributed by atoms with Crippen LogP contribution < -0.4 is 0 Å². The molecule has 2 atom stereocenters. The number of aldehydes is 1. The van der Waals surface area contributed by atoms with E-state index in [1.165, 1.54) is 26.2 Å². The smallest absolute Gasteiger partial charge is 0.268 e. The van der Waals surface area contributed by atoms with E-state index < -0.39 is 27.6 Å². The van der Waals surface area contributed by atoms with Crippen LogP contribution in [0.15, 0.2) is 29.2 Å². The number of carbonyl (C=O) groups is 2. The Hall–Kier alpha value is -1.73. The standard InChI is InChI=1S/C15H19NO5S/c1-11-4-6-12(7-5-11)22(19,20)16-13(21-3)8-9-15(2,10-17)14(16)18/h4-7,10,13H,8-9H2,1-3H3/t13-,15+/m0/s1. The molecule has 1 heterocycles. The average Bonchev–Trinajstić information content (AvgIpc) is 2.50. The Morgan fingerprint density at radius 2 is 1.91 bits per heavy atom. The largest absolute Gasteiger partial charge is 0.360 e. The Morgan fingerprint density at radius 3 is 2.41 bits per heavy atom. The maximum absolute atomic E-state index is 12.8. The van der Waals surface area contributed by atoms with Crippen LogP contribution in [0.2, 0.25) is 0 Å². The second-order valence-electron chi connectivity index (χ2n) is 5.68. The van der Waals surface area contributed by atoms with E-state index >= 15 is 0 Å². The lowest BCUT2D eigenvalue weighted by Gasteiger charge is -2.40. The minimum Gasteiger partial charge on any atom is -0.360 e. The molecule has 1 aliphatic heterocycles. The predicted molar refractivity (Wildman–Crippen MR) is 79.4 cm³/mol. The molecule has 6 nitrogen and oxygen atoms in total. The monoisotopic (exact) mass is 325 g/mol. The van der Waals surface area contributed by atoms with Crippen molar-refractivity contribution >= 4 is 22.2 Å². The van der Waals surface area contributed by atoms with E-state index in [9.17, 15) is 18.0 Å². The second kappa shape index (κ2) is 5.81. The molecule has 0 N–H and O–H groups in total. The van der Waals surface area contributed by atoms with Crippen molar-refractivity contribution in [1.29, 1.82) is 0 Å². The molecule has 1 amide bonds. The number of rotatable bonds is 4. The highest BCUT2D eigenvalue weighted by Crippen LogP contribution is 2.36. The second-order valence-corrected chi connectivity index (χ2v) is 7.50. The third-order valence-electron chi connectivity index (χ3n) is 3.97. The molecule has 0 spiro atoms. The van der Waals surface area contributed by atoms with Crippen LogP contribution in [0.4, 0.5) is 0 Å². The van der Waals surface area contributed by atoms with Gasteiger partial charge in [-0.15, -0.1) is 0 Å². The molecule has 22 heavy (non-hydrogen) atoms. The molecule has 7 heteroatoms. The molecule has 1 aliphatic rings. The maximum Gasteiger partial charge on any atom is 0.268 e. The average molecular weight is 325 g/mol. The molecule has 0 saturated carbocycles. The van der Waals surface area contributed by atoms with E-state index in [1.807, 2.05) is 6.92 Å². The number of carbonyl (C=O) groups excluding carboxylic acids is 2. The van der Waals surface area contributed by atoms with Crippen LogP contribution in [-0.2, 0) is 24.3 Å². The molecule has 1 aromatic rings. The molecule has 1 aromatic carbocycles. The van der Waals surface area contributed by atoms with E-state index in [-0.39, 0.29) is 17.7 Å². The highest BCUT2D eigenvalue weighted by molar-refractivity contribution is 7.89. The molecule has 0 aromatic heterocycles.